The lowest BCUT2D eigenvalue weighted by Gasteiger charge is -2.36. The largest absolute Gasteiger partial charge is 0.369 e. The average Bonchev–Trinajstić information content (AvgIpc) is 2.85. The first kappa shape index (κ1) is 22.8. The van der Waals surface area contributed by atoms with Crippen LogP contribution in [0.1, 0.15) is 23.2 Å². The monoisotopic (exact) mass is 498 g/mol. The van der Waals surface area contributed by atoms with Gasteiger partial charge < -0.3 is 15.1 Å². The van der Waals surface area contributed by atoms with Gasteiger partial charge in [-0.1, -0.05) is 34.1 Å². The smallest absolute Gasteiger partial charge is 0.253 e. The van der Waals surface area contributed by atoms with Gasteiger partial charge in [-0.2, -0.15) is 0 Å². The van der Waals surface area contributed by atoms with Gasteiger partial charge in [0.05, 0.1) is 0 Å². The van der Waals surface area contributed by atoms with Crippen molar-refractivity contribution in [1.29, 1.82) is 0 Å². The van der Waals surface area contributed by atoms with Crippen LogP contribution in [0.5, 0.6) is 0 Å². The second kappa shape index (κ2) is 11.0. The van der Waals surface area contributed by atoms with E-state index in [1.807, 2.05) is 35.2 Å². The van der Waals surface area contributed by atoms with Crippen molar-refractivity contribution in [2.45, 2.75) is 12.8 Å². The lowest BCUT2D eigenvalue weighted by Crippen LogP contribution is -2.49. The molecular formula is C25H31BrN4O2. The number of para-hydroxylation sites is 1. The number of likely N-dealkylation sites (tertiary alicyclic amines) is 1. The van der Waals surface area contributed by atoms with Crippen LogP contribution in [0, 0.1) is 5.92 Å². The van der Waals surface area contributed by atoms with E-state index in [1.165, 1.54) is 5.69 Å². The van der Waals surface area contributed by atoms with Gasteiger partial charge in [-0.15, -0.1) is 0 Å². The molecule has 0 saturated carbocycles. The van der Waals surface area contributed by atoms with Crippen molar-refractivity contribution < 1.29 is 9.59 Å². The molecule has 2 fully saturated rings. The molecule has 32 heavy (non-hydrogen) atoms. The summed E-state index contributed by atoms with van der Waals surface area (Å²) in [6.45, 7) is 6.90. The van der Waals surface area contributed by atoms with Gasteiger partial charge in [0.1, 0.15) is 0 Å². The first-order valence-corrected chi connectivity index (χ1v) is 12.2. The minimum absolute atomic E-state index is 0.00102. The Kier molecular flexibility index (Phi) is 7.81. The Morgan fingerprint density at radius 3 is 2.19 bits per heavy atom. The number of nitrogens with zero attached hydrogens (tertiary/aromatic N) is 3. The summed E-state index contributed by atoms with van der Waals surface area (Å²) in [5.41, 5.74) is 1.98. The van der Waals surface area contributed by atoms with E-state index in [9.17, 15) is 9.59 Å². The van der Waals surface area contributed by atoms with Crippen molar-refractivity contribution in [3.8, 4) is 0 Å². The van der Waals surface area contributed by atoms with Crippen LogP contribution >= 0.6 is 15.9 Å². The number of rotatable bonds is 6. The van der Waals surface area contributed by atoms with Gasteiger partial charge in [-0.3, -0.25) is 14.5 Å². The molecule has 2 aliphatic rings. The first-order chi connectivity index (χ1) is 15.6. The summed E-state index contributed by atoms with van der Waals surface area (Å²) >= 11 is 3.40. The molecule has 0 bridgehead atoms. The number of benzene rings is 2. The summed E-state index contributed by atoms with van der Waals surface area (Å²) in [5, 5.41) is 3.12. The number of nitrogens with one attached hydrogen (secondary N) is 1. The van der Waals surface area contributed by atoms with Crippen LogP contribution < -0.4 is 10.2 Å². The van der Waals surface area contributed by atoms with Gasteiger partial charge in [0, 0.05) is 74.0 Å². The molecule has 4 rings (SSSR count). The number of piperazine rings is 1. The highest BCUT2D eigenvalue weighted by Gasteiger charge is 2.28. The lowest BCUT2D eigenvalue weighted by molar-refractivity contribution is -0.126. The second-order valence-electron chi connectivity index (χ2n) is 8.53. The number of piperidine rings is 1. The Hall–Kier alpha value is -2.38. The molecule has 0 spiro atoms. The molecule has 0 unspecified atom stereocenters. The molecule has 2 saturated heterocycles. The van der Waals surface area contributed by atoms with Gasteiger partial charge in [0.25, 0.3) is 5.91 Å². The molecule has 170 valence electrons. The maximum atomic E-state index is 12.6. The molecule has 2 aliphatic heterocycles. The van der Waals surface area contributed by atoms with E-state index >= 15 is 0 Å². The molecule has 2 aromatic carbocycles. The molecule has 2 aromatic rings. The average molecular weight is 499 g/mol. The SMILES string of the molecule is O=C(NCCN1CCN(c2ccccc2)CC1)C1CCN(C(=O)c2ccc(Br)cc2)CC1. The Bertz CT molecular complexity index is 890. The van der Waals surface area contributed by atoms with Crippen LogP contribution in [0.2, 0.25) is 0 Å². The van der Waals surface area contributed by atoms with E-state index < -0.39 is 0 Å². The fourth-order valence-corrected chi connectivity index (χ4v) is 4.73. The van der Waals surface area contributed by atoms with Crippen molar-refractivity contribution in [3.63, 3.8) is 0 Å². The predicted octanol–water partition coefficient (Wildman–Crippen LogP) is 3.24. The topological polar surface area (TPSA) is 55.9 Å². The van der Waals surface area contributed by atoms with E-state index in [-0.39, 0.29) is 17.7 Å². The van der Waals surface area contributed by atoms with Gasteiger partial charge in [-0.05, 0) is 49.2 Å². The molecule has 6 nitrogen and oxygen atoms in total. The molecular weight excluding hydrogens is 468 g/mol. The molecule has 1 N–H and O–H groups in total. The molecule has 0 atom stereocenters. The minimum atomic E-state index is -0.00102. The zero-order valence-corrected chi connectivity index (χ0v) is 20.0. The van der Waals surface area contributed by atoms with E-state index in [4.69, 9.17) is 0 Å². The third-order valence-electron chi connectivity index (χ3n) is 6.47. The van der Waals surface area contributed by atoms with Crippen molar-refractivity contribution in [2.24, 2.45) is 5.92 Å². The standard InChI is InChI=1S/C25H31BrN4O2/c26-22-8-6-21(7-9-22)25(32)30-13-10-20(11-14-30)24(31)27-12-15-28-16-18-29(19-17-28)23-4-2-1-3-5-23/h1-9,20H,10-19H2,(H,27,31). The Balaban J connectivity index is 1.14. The van der Waals surface area contributed by atoms with E-state index in [1.54, 1.807) is 0 Å². The number of hydrogen-bond donors (Lipinski definition) is 1. The summed E-state index contributed by atoms with van der Waals surface area (Å²) in [6, 6.07) is 18.0. The quantitative estimate of drug-likeness (QED) is 0.664. The van der Waals surface area contributed by atoms with Crippen LogP contribution in [0.4, 0.5) is 5.69 Å². The lowest BCUT2D eigenvalue weighted by atomic mass is 9.95. The number of hydrogen-bond acceptors (Lipinski definition) is 4. The second-order valence-corrected chi connectivity index (χ2v) is 9.44. The van der Waals surface area contributed by atoms with Crippen molar-refractivity contribution in [1.82, 2.24) is 15.1 Å². The maximum absolute atomic E-state index is 12.6. The van der Waals surface area contributed by atoms with Crippen LogP contribution in [0.15, 0.2) is 59.1 Å². The van der Waals surface area contributed by atoms with Crippen molar-refractivity contribution >= 4 is 33.4 Å². The number of anilines is 1. The van der Waals surface area contributed by atoms with Crippen LogP contribution in [-0.4, -0.2) is 74.0 Å². The third-order valence-corrected chi connectivity index (χ3v) is 6.99. The van der Waals surface area contributed by atoms with E-state index in [2.05, 4.69) is 55.3 Å². The fraction of sp³-hybridized carbons (Fsp3) is 0.440. The van der Waals surface area contributed by atoms with Crippen LogP contribution in [-0.2, 0) is 4.79 Å². The summed E-state index contributed by atoms with van der Waals surface area (Å²) < 4.78 is 0.961. The molecule has 2 heterocycles. The number of carbonyl (C=O) groups excluding carboxylic acids is 2. The van der Waals surface area contributed by atoms with Gasteiger partial charge in [0.15, 0.2) is 0 Å². The van der Waals surface area contributed by atoms with Gasteiger partial charge >= 0.3 is 0 Å². The molecule has 0 radical (unpaired) electrons. The van der Waals surface area contributed by atoms with Crippen LogP contribution in [0.25, 0.3) is 0 Å². The molecule has 7 heteroatoms. The third kappa shape index (κ3) is 5.90. The van der Waals surface area contributed by atoms with E-state index in [0.717, 1.165) is 50.0 Å². The predicted molar refractivity (Wildman–Crippen MR) is 131 cm³/mol. The van der Waals surface area contributed by atoms with Crippen molar-refractivity contribution in [3.05, 3.63) is 64.6 Å². The van der Waals surface area contributed by atoms with Gasteiger partial charge in [0.2, 0.25) is 5.91 Å². The summed E-state index contributed by atoms with van der Waals surface area (Å²) in [5.74, 6) is 0.175. The number of halogens is 1. The molecule has 2 amide bonds. The van der Waals surface area contributed by atoms with Crippen LogP contribution in [0.3, 0.4) is 0 Å². The summed E-state index contributed by atoms with van der Waals surface area (Å²) in [7, 11) is 0. The number of amides is 2. The van der Waals surface area contributed by atoms with E-state index in [0.29, 0.717) is 25.2 Å². The zero-order chi connectivity index (χ0) is 22.3. The summed E-state index contributed by atoms with van der Waals surface area (Å²) in [6.07, 6.45) is 1.45. The zero-order valence-electron chi connectivity index (χ0n) is 18.4. The first-order valence-electron chi connectivity index (χ1n) is 11.4. The fourth-order valence-electron chi connectivity index (χ4n) is 4.47. The minimum Gasteiger partial charge on any atom is -0.369 e. The number of carbonyl (C=O) groups is 2. The van der Waals surface area contributed by atoms with Crippen molar-refractivity contribution in [2.75, 3.05) is 57.3 Å². The maximum Gasteiger partial charge on any atom is 0.253 e. The summed E-state index contributed by atoms with van der Waals surface area (Å²) in [4.78, 5) is 32.0. The molecule has 0 aromatic heterocycles. The van der Waals surface area contributed by atoms with Gasteiger partial charge in [-0.25, -0.2) is 0 Å². The Morgan fingerprint density at radius 2 is 1.53 bits per heavy atom. The molecule has 0 aliphatic carbocycles. The highest BCUT2D eigenvalue weighted by atomic mass is 79.9. The Labute approximate surface area is 198 Å². The highest BCUT2D eigenvalue weighted by molar-refractivity contribution is 9.10. The highest BCUT2D eigenvalue weighted by Crippen LogP contribution is 2.20. The normalized spacial score (nSPS) is 17.9. The Morgan fingerprint density at radius 1 is 0.875 bits per heavy atom.